The van der Waals surface area contributed by atoms with Gasteiger partial charge < -0.3 is 15.4 Å². The topological polar surface area (TPSA) is 45.6 Å². The van der Waals surface area contributed by atoms with Crippen molar-refractivity contribution >= 4 is 41.7 Å². The van der Waals surface area contributed by atoms with Crippen molar-refractivity contribution < 1.29 is 4.74 Å². The molecule has 0 aliphatic heterocycles. The van der Waals surface area contributed by atoms with E-state index in [1.165, 1.54) is 11.1 Å². The second-order valence-corrected chi connectivity index (χ2v) is 7.58. The first kappa shape index (κ1) is 23.5. The summed E-state index contributed by atoms with van der Waals surface area (Å²) in [6.45, 7) is 9.64. The average molecular weight is 465 g/mol. The number of nitrogens with zero attached hydrogens (tertiary/aromatic N) is 1. The fraction of sp³-hybridized carbons (Fsp3) is 0.611. The van der Waals surface area contributed by atoms with E-state index in [1.54, 1.807) is 7.05 Å². The second kappa shape index (κ2) is 12.8. The highest BCUT2D eigenvalue weighted by Crippen LogP contribution is 2.19. The second-order valence-electron chi connectivity index (χ2n) is 6.06. The molecule has 1 aromatic carbocycles. The highest BCUT2D eigenvalue weighted by Gasteiger charge is 2.16. The Morgan fingerprint density at radius 3 is 2.46 bits per heavy atom. The van der Waals surface area contributed by atoms with Gasteiger partial charge in [-0.1, -0.05) is 31.2 Å². The SMILES string of the molecule is CCCOCc1ccccc1CNC(=NC)NCC(C)(C)SC.I. The number of hydrogen-bond acceptors (Lipinski definition) is 3. The quantitative estimate of drug-likeness (QED) is 0.250. The highest BCUT2D eigenvalue weighted by molar-refractivity contribution is 14.0. The Hall–Kier alpha value is -0.470. The van der Waals surface area contributed by atoms with Crippen LogP contribution in [0.5, 0.6) is 0 Å². The van der Waals surface area contributed by atoms with Gasteiger partial charge in [0.05, 0.1) is 6.61 Å². The minimum atomic E-state index is 0. The van der Waals surface area contributed by atoms with Crippen LogP contribution in [0.15, 0.2) is 29.3 Å². The fourth-order valence-electron chi connectivity index (χ4n) is 1.97. The lowest BCUT2D eigenvalue weighted by molar-refractivity contribution is 0.121. The van der Waals surface area contributed by atoms with E-state index in [4.69, 9.17) is 4.74 Å². The van der Waals surface area contributed by atoms with Crippen molar-refractivity contribution in [2.24, 2.45) is 4.99 Å². The molecule has 6 heteroatoms. The summed E-state index contributed by atoms with van der Waals surface area (Å²) in [5.41, 5.74) is 2.48. The number of guanidine groups is 1. The summed E-state index contributed by atoms with van der Waals surface area (Å²) in [4.78, 5) is 4.30. The third kappa shape index (κ3) is 9.13. The van der Waals surface area contributed by atoms with Gasteiger partial charge in [0.15, 0.2) is 5.96 Å². The molecule has 24 heavy (non-hydrogen) atoms. The van der Waals surface area contributed by atoms with E-state index in [9.17, 15) is 0 Å². The molecule has 1 rings (SSSR count). The molecule has 0 spiro atoms. The summed E-state index contributed by atoms with van der Waals surface area (Å²) < 4.78 is 5.86. The van der Waals surface area contributed by atoms with Crippen molar-refractivity contribution in [3.8, 4) is 0 Å². The van der Waals surface area contributed by atoms with Gasteiger partial charge in [-0.2, -0.15) is 11.8 Å². The molecule has 2 N–H and O–H groups in total. The van der Waals surface area contributed by atoms with Crippen LogP contribution >= 0.6 is 35.7 Å². The van der Waals surface area contributed by atoms with Crippen molar-refractivity contribution in [1.29, 1.82) is 0 Å². The molecule has 0 unspecified atom stereocenters. The van der Waals surface area contributed by atoms with Gasteiger partial charge in [0.1, 0.15) is 0 Å². The zero-order chi connectivity index (χ0) is 17.1. The third-order valence-electron chi connectivity index (χ3n) is 3.63. The normalized spacial score (nSPS) is 11.8. The number of rotatable bonds is 9. The summed E-state index contributed by atoms with van der Waals surface area (Å²) in [7, 11) is 1.80. The number of benzene rings is 1. The molecule has 1 aromatic rings. The first-order valence-electron chi connectivity index (χ1n) is 8.16. The fourth-order valence-corrected chi connectivity index (χ4v) is 2.18. The summed E-state index contributed by atoms with van der Waals surface area (Å²) in [5, 5.41) is 6.78. The molecule has 0 aliphatic carbocycles. The predicted octanol–water partition coefficient (Wildman–Crippen LogP) is 4.04. The Morgan fingerprint density at radius 2 is 1.88 bits per heavy atom. The maximum absolute atomic E-state index is 5.67. The summed E-state index contributed by atoms with van der Waals surface area (Å²) in [6, 6.07) is 8.38. The minimum Gasteiger partial charge on any atom is -0.377 e. The highest BCUT2D eigenvalue weighted by atomic mass is 127. The standard InChI is InChI=1S/C18H31N3OS.HI/c1-6-11-22-13-16-10-8-7-9-15(16)12-20-17(19-4)21-14-18(2,3)23-5;/h7-10H,6,11-14H2,1-5H3,(H2,19,20,21);1H. The lowest BCUT2D eigenvalue weighted by Gasteiger charge is -2.24. The molecule has 0 aromatic heterocycles. The van der Waals surface area contributed by atoms with E-state index in [0.717, 1.165) is 32.1 Å². The van der Waals surface area contributed by atoms with E-state index in [-0.39, 0.29) is 28.7 Å². The predicted molar refractivity (Wildman–Crippen MR) is 118 cm³/mol. The van der Waals surface area contributed by atoms with Gasteiger partial charge >= 0.3 is 0 Å². The van der Waals surface area contributed by atoms with Gasteiger partial charge in [-0.3, -0.25) is 4.99 Å². The Kier molecular flexibility index (Phi) is 12.6. The van der Waals surface area contributed by atoms with Gasteiger partial charge in [0.2, 0.25) is 0 Å². The van der Waals surface area contributed by atoms with Gasteiger partial charge in [-0.05, 0) is 37.7 Å². The van der Waals surface area contributed by atoms with Crippen LogP contribution in [0.3, 0.4) is 0 Å². The largest absolute Gasteiger partial charge is 0.377 e. The van der Waals surface area contributed by atoms with Crippen molar-refractivity contribution in [1.82, 2.24) is 10.6 Å². The van der Waals surface area contributed by atoms with Crippen molar-refractivity contribution in [3.05, 3.63) is 35.4 Å². The zero-order valence-corrected chi connectivity index (χ0v) is 18.7. The molecule has 0 fully saturated rings. The van der Waals surface area contributed by atoms with E-state index in [2.05, 4.69) is 66.9 Å². The molecular weight excluding hydrogens is 433 g/mol. The Morgan fingerprint density at radius 1 is 1.21 bits per heavy atom. The smallest absolute Gasteiger partial charge is 0.191 e. The number of nitrogens with one attached hydrogen (secondary N) is 2. The maximum Gasteiger partial charge on any atom is 0.191 e. The zero-order valence-electron chi connectivity index (χ0n) is 15.5. The number of thioether (sulfide) groups is 1. The van der Waals surface area contributed by atoms with Crippen molar-refractivity contribution in [2.75, 3.05) is 26.5 Å². The first-order chi connectivity index (χ1) is 11.0. The molecule has 4 nitrogen and oxygen atoms in total. The van der Waals surface area contributed by atoms with Crippen LogP contribution in [-0.2, 0) is 17.9 Å². The van der Waals surface area contributed by atoms with E-state index >= 15 is 0 Å². The molecule has 0 saturated heterocycles. The van der Waals surface area contributed by atoms with Gasteiger partial charge in [-0.25, -0.2) is 0 Å². The Bertz CT molecular complexity index is 495. The number of ether oxygens (including phenoxy) is 1. The first-order valence-corrected chi connectivity index (χ1v) is 9.39. The number of halogens is 1. The minimum absolute atomic E-state index is 0. The third-order valence-corrected chi connectivity index (χ3v) is 4.88. The van der Waals surface area contributed by atoms with E-state index in [0.29, 0.717) is 6.61 Å². The maximum atomic E-state index is 5.67. The van der Waals surface area contributed by atoms with Crippen LogP contribution in [0.1, 0.15) is 38.3 Å². The average Bonchev–Trinajstić information content (AvgIpc) is 2.56. The van der Waals surface area contributed by atoms with Crippen LogP contribution in [-0.4, -0.2) is 37.2 Å². The molecule has 0 radical (unpaired) electrons. The number of aliphatic imine (C=N–C) groups is 1. The van der Waals surface area contributed by atoms with Gasteiger partial charge in [0.25, 0.3) is 0 Å². The Labute approximate surface area is 168 Å². The van der Waals surface area contributed by atoms with Crippen LogP contribution < -0.4 is 10.6 Å². The van der Waals surface area contributed by atoms with Gasteiger partial charge in [-0.15, -0.1) is 24.0 Å². The number of hydrogen-bond donors (Lipinski definition) is 2. The molecule has 0 aliphatic rings. The van der Waals surface area contributed by atoms with Crippen LogP contribution in [0, 0.1) is 0 Å². The summed E-state index contributed by atoms with van der Waals surface area (Å²) in [6.07, 6.45) is 3.17. The van der Waals surface area contributed by atoms with E-state index < -0.39 is 0 Å². The Balaban J connectivity index is 0.00000529. The lowest BCUT2D eigenvalue weighted by Crippen LogP contribution is -2.43. The van der Waals surface area contributed by atoms with Crippen LogP contribution in [0.2, 0.25) is 0 Å². The van der Waals surface area contributed by atoms with Gasteiger partial charge in [0, 0.05) is 31.5 Å². The molecule has 0 saturated carbocycles. The molecule has 0 heterocycles. The summed E-state index contributed by atoms with van der Waals surface area (Å²) >= 11 is 1.85. The molecule has 0 amide bonds. The van der Waals surface area contributed by atoms with E-state index in [1.807, 2.05) is 11.8 Å². The van der Waals surface area contributed by atoms with Crippen LogP contribution in [0.25, 0.3) is 0 Å². The molecule has 0 atom stereocenters. The molecule has 138 valence electrons. The monoisotopic (exact) mass is 465 g/mol. The van der Waals surface area contributed by atoms with Crippen molar-refractivity contribution in [2.45, 2.75) is 45.1 Å². The lowest BCUT2D eigenvalue weighted by atomic mass is 10.1. The molecular formula is C18H32IN3OS. The van der Waals surface area contributed by atoms with Crippen molar-refractivity contribution in [3.63, 3.8) is 0 Å². The van der Waals surface area contributed by atoms with Crippen LogP contribution in [0.4, 0.5) is 0 Å². The molecule has 0 bridgehead atoms. The summed E-state index contributed by atoms with van der Waals surface area (Å²) in [5.74, 6) is 0.830.